The number of hydrogen-bond donors (Lipinski definition) is 1. The fourth-order valence-corrected chi connectivity index (χ4v) is 4.63. The molecule has 2 saturated heterocycles. The number of nitrogens with zero attached hydrogens (tertiary/aromatic N) is 2. The van der Waals surface area contributed by atoms with Crippen LogP contribution in [-0.4, -0.2) is 67.0 Å². The summed E-state index contributed by atoms with van der Waals surface area (Å²) in [6, 6.07) is 14.1. The summed E-state index contributed by atoms with van der Waals surface area (Å²) in [5.74, 6) is 0.116. The third-order valence-corrected chi connectivity index (χ3v) is 6.24. The highest BCUT2D eigenvalue weighted by Gasteiger charge is 2.33. The first kappa shape index (κ1) is 20.8. The second-order valence-electron chi connectivity index (χ2n) is 8.28. The van der Waals surface area contributed by atoms with Gasteiger partial charge in [-0.2, -0.15) is 0 Å². The van der Waals surface area contributed by atoms with Crippen LogP contribution in [0.4, 0.5) is 0 Å². The van der Waals surface area contributed by atoms with Gasteiger partial charge in [0.05, 0.1) is 31.8 Å². The summed E-state index contributed by atoms with van der Waals surface area (Å²) in [6.45, 7) is 5.56. The summed E-state index contributed by atoms with van der Waals surface area (Å²) in [7, 11) is 0. The summed E-state index contributed by atoms with van der Waals surface area (Å²) in [5, 5.41) is 5.48. The van der Waals surface area contributed by atoms with E-state index in [2.05, 4.69) is 34.5 Å². The third kappa shape index (κ3) is 4.65. The summed E-state index contributed by atoms with van der Waals surface area (Å²) in [5.41, 5.74) is 1.11. The minimum atomic E-state index is -0.199. The van der Waals surface area contributed by atoms with Crippen molar-refractivity contribution < 1.29 is 14.3 Å². The van der Waals surface area contributed by atoms with Gasteiger partial charge in [0.25, 0.3) is 0 Å². The maximum atomic E-state index is 13.0. The fraction of sp³-hybridized carbons (Fsp3) is 0.500. The molecule has 0 aromatic heterocycles. The van der Waals surface area contributed by atoms with Crippen LogP contribution in [0.3, 0.4) is 0 Å². The minimum Gasteiger partial charge on any atom is -0.378 e. The van der Waals surface area contributed by atoms with E-state index < -0.39 is 0 Å². The molecule has 30 heavy (non-hydrogen) atoms. The van der Waals surface area contributed by atoms with Gasteiger partial charge in [-0.05, 0) is 42.6 Å². The van der Waals surface area contributed by atoms with E-state index in [0.29, 0.717) is 26.3 Å². The van der Waals surface area contributed by atoms with Gasteiger partial charge in [-0.1, -0.05) is 48.9 Å². The lowest BCUT2D eigenvalue weighted by Crippen LogP contribution is -2.55. The first-order chi connectivity index (χ1) is 14.6. The molecule has 1 N–H and O–H groups in total. The highest BCUT2D eigenvalue weighted by Crippen LogP contribution is 2.24. The van der Waals surface area contributed by atoms with Gasteiger partial charge in [-0.3, -0.25) is 14.5 Å². The zero-order valence-electron chi connectivity index (χ0n) is 17.7. The van der Waals surface area contributed by atoms with Crippen LogP contribution in [0.1, 0.15) is 37.8 Å². The molecular formula is C24H31N3O3. The number of hydrogen-bond acceptors (Lipinski definition) is 4. The number of carbonyl (C=O) groups excluding carboxylic acids is 2. The molecule has 0 spiro atoms. The van der Waals surface area contributed by atoms with E-state index in [1.54, 1.807) is 0 Å². The first-order valence-corrected chi connectivity index (χ1v) is 11.0. The molecule has 0 aliphatic carbocycles. The maximum absolute atomic E-state index is 13.0. The molecule has 6 heteroatoms. The van der Waals surface area contributed by atoms with Gasteiger partial charge >= 0.3 is 0 Å². The van der Waals surface area contributed by atoms with Gasteiger partial charge in [0, 0.05) is 13.1 Å². The average Bonchev–Trinajstić information content (AvgIpc) is 2.79. The second-order valence-corrected chi connectivity index (χ2v) is 8.28. The van der Waals surface area contributed by atoms with Gasteiger partial charge in [0.15, 0.2) is 0 Å². The molecule has 2 aliphatic rings. The molecule has 2 amide bonds. The highest BCUT2D eigenvalue weighted by molar-refractivity contribution is 5.87. The lowest BCUT2D eigenvalue weighted by atomic mass is 9.99. The quantitative estimate of drug-likeness (QED) is 0.825. The normalized spacial score (nSPS) is 21.4. The summed E-state index contributed by atoms with van der Waals surface area (Å²) in [6.07, 6.45) is 2.88. The topological polar surface area (TPSA) is 61.9 Å². The predicted molar refractivity (Wildman–Crippen MR) is 117 cm³/mol. The van der Waals surface area contributed by atoms with Crippen LogP contribution < -0.4 is 5.32 Å². The Bertz CT molecular complexity index is 889. The van der Waals surface area contributed by atoms with Crippen LogP contribution in [-0.2, 0) is 14.3 Å². The van der Waals surface area contributed by atoms with E-state index in [9.17, 15) is 9.59 Å². The highest BCUT2D eigenvalue weighted by atomic mass is 16.5. The van der Waals surface area contributed by atoms with E-state index in [4.69, 9.17) is 4.74 Å². The molecule has 4 rings (SSSR count). The molecule has 2 aromatic carbocycles. The number of fused-ring (bicyclic) bond motifs is 1. The van der Waals surface area contributed by atoms with Gasteiger partial charge in [-0.15, -0.1) is 0 Å². The minimum absolute atomic E-state index is 0.0305. The molecule has 2 atom stereocenters. The number of likely N-dealkylation sites (tertiary alicyclic amines) is 1. The monoisotopic (exact) mass is 409 g/mol. The Labute approximate surface area is 178 Å². The van der Waals surface area contributed by atoms with Gasteiger partial charge in [0.1, 0.15) is 0 Å². The van der Waals surface area contributed by atoms with E-state index >= 15 is 0 Å². The summed E-state index contributed by atoms with van der Waals surface area (Å²) >= 11 is 0. The van der Waals surface area contributed by atoms with Gasteiger partial charge in [-0.25, -0.2) is 0 Å². The van der Waals surface area contributed by atoms with Gasteiger partial charge < -0.3 is 15.0 Å². The van der Waals surface area contributed by atoms with Crippen molar-refractivity contribution >= 4 is 22.6 Å². The van der Waals surface area contributed by atoms with Crippen molar-refractivity contribution in [2.45, 2.75) is 38.3 Å². The van der Waals surface area contributed by atoms with Crippen molar-refractivity contribution in [3.63, 3.8) is 0 Å². The van der Waals surface area contributed by atoms with Crippen LogP contribution in [0, 0.1) is 0 Å². The molecule has 2 aromatic rings. The van der Waals surface area contributed by atoms with Crippen LogP contribution in [0.15, 0.2) is 42.5 Å². The Balaban J connectivity index is 1.41. The smallest absolute Gasteiger partial charge is 0.240 e. The number of carbonyl (C=O) groups is 2. The van der Waals surface area contributed by atoms with Crippen molar-refractivity contribution in [3.8, 4) is 0 Å². The van der Waals surface area contributed by atoms with E-state index in [1.807, 2.05) is 30.0 Å². The Morgan fingerprint density at radius 1 is 1.07 bits per heavy atom. The van der Waals surface area contributed by atoms with Crippen molar-refractivity contribution in [2.24, 2.45) is 0 Å². The van der Waals surface area contributed by atoms with Crippen LogP contribution in [0.5, 0.6) is 0 Å². The van der Waals surface area contributed by atoms with Crippen molar-refractivity contribution in [3.05, 3.63) is 48.0 Å². The number of morpholine rings is 1. The van der Waals surface area contributed by atoms with E-state index in [-0.39, 0.29) is 30.4 Å². The Hall–Kier alpha value is -2.44. The SMILES string of the molecule is C[C@@H](NC(=O)CN1CCCC[C@H]1C(=O)N1CCOCC1)c1cccc2ccccc12. The standard InChI is InChI=1S/C24H31N3O3/c1-18(20-10-6-8-19-7-2-3-9-21(19)20)25-23(28)17-27-12-5-4-11-22(27)24(29)26-13-15-30-16-14-26/h2-3,6-10,18,22H,4-5,11-17H2,1H3,(H,25,28)/t18-,22+/m1/s1. The molecule has 0 radical (unpaired) electrons. The summed E-state index contributed by atoms with van der Waals surface area (Å²) in [4.78, 5) is 29.9. The zero-order chi connectivity index (χ0) is 20.9. The predicted octanol–water partition coefficient (Wildman–Crippen LogP) is 2.73. The molecule has 0 unspecified atom stereocenters. The lowest BCUT2D eigenvalue weighted by molar-refractivity contribution is -0.143. The molecular weight excluding hydrogens is 378 g/mol. The maximum Gasteiger partial charge on any atom is 0.240 e. The Morgan fingerprint density at radius 2 is 1.83 bits per heavy atom. The molecule has 6 nitrogen and oxygen atoms in total. The molecule has 160 valence electrons. The number of piperidine rings is 1. The molecule has 0 saturated carbocycles. The summed E-state index contributed by atoms with van der Waals surface area (Å²) < 4.78 is 5.37. The molecule has 2 aliphatic heterocycles. The number of nitrogens with one attached hydrogen (secondary N) is 1. The van der Waals surface area contributed by atoms with Gasteiger partial charge in [0.2, 0.25) is 11.8 Å². The van der Waals surface area contributed by atoms with Crippen LogP contribution >= 0.6 is 0 Å². The Morgan fingerprint density at radius 3 is 2.67 bits per heavy atom. The third-order valence-electron chi connectivity index (χ3n) is 6.24. The Kier molecular flexibility index (Phi) is 6.65. The number of ether oxygens (including phenoxy) is 1. The number of amides is 2. The van der Waals surface area contributed by atoms with Crippen molar-refractivity contribution in [1.82, 2.24) is 15.1 Å². The number of rotatable bonds is 5. The van der Waals surface area contributed by atoms with Crippen LogP contribution in [0.25, 0.3) is 10.8 Å². The average molecular weight is 410 g/mol. The molecule has 2 fully saturated rings. The largest absolute Gasteiger partial charge is 0.378 e. The van der Waals surface area contributed by atoms with E-state index in [1.165, 1.54) is 5.39 Å². The van der Waals surface area contributed by atoms with Crippen molar-refractivity contribution in [1.29, 1.82) is 0 Å². The van der Waals surface area contributed by atoms with Crippen molar-refractivity contribution in [2.75, 3.05) is 39.4 Å². The second kappa shape index (κ2) is 9.58. The van der Waals surface area contributed by atoms with E-state index in [0.717, 1.165) is 36.8 Å². The first-order valence-electron chi connectivity index (χ1n) is 11.0. The molecule has 0 bridgehead atoms. The molecule has 2 heterocycles. The zero-order valence-corrected chi connectivity index (χ0v) is 17.7. The number of benzene rings is 2. The lowest BCUT2D eigenvalue weighted by Gasteiger charge is -2.38. The van der Waals surface area contributed by atoms with Crippen LogP contribution in [0.2, 0.25) is 0 Å². The fourth-order valence-electron chi connectivity index (χ4n) is 4.63.